The molecule has 9 nitrogen and oxygen atoms in total. The van der Waals surface area contributed by atoms with Gasteiger partial charge in [0.05, 0.1) is 31.0 Å². The summed E-state index contributed by atoms with van der Waals surface area (Å²) < 4.78 is 34.4. The highest BCUT2D eigenvalue weighted by Gasteiger charge is 2.38. The first kappa shape index (κ1) is 20.7. The number of methoxy groups -OCH3 is 1. The van der Waals surface area contributed by atoms with Crippen LogP contribution in [0.25, 0.3) is 0 Å². The number of carbonyl (C=O) groups excluding carboxylic acids is 1. The van der Waals surface area contributed by atoms with Gasteiger partial charge in [0.25, 0.3) is 0 Å². The molecule has 1 atom stereocenters. The summed E-state index contributed by atoms with van der Waals surface area (Å²) in [5.41, 5.74) is 2.08. The van der Waals surface area contributed by atoms with E-state index in [0.29, 0.717) is 37.6 Å². The van der Waals surface area contributed by atoms with Gasteiger partial charge in [-0.2, -0.15) is 19.0 Å². The Balaban J connectivity index is 1.37. The molecule has 0 bridgehead atoms. The number of nitrogens with zero attached hydrogens (tertiary/aromatic N) is 6. The molecule has 1 amide bonds. The fourth-order valence-corrected chi connectivity index (χ4v) is 4.02. The zero-order chi connectivity index (χ0) is 22.1. The highest BCUT2D eigenvalue weighted by Crippen LogP contribution is 2.39. The van der Waals surface area contributed by atoms with Gasteiger partial charge < -0.3 is 19.3 Å². The number of nitriles is 1. The van der Waals surface area contributed by atoms with Crippen LogP contribution in [0.4, 0.5) is 14.5 Å². The maximum atomic E-state index is 12.9. The van der Waals surface area contributed by atoms with Crippen molar-refractivity contribution in [3.63, 3.8) is 0 Å². The quantitative estimate of drug-likeness (QED) is 0.688. The molecule has 0 aromatic carbocycles. The van der Waals surface area contributed by atoms with Crippen molar-refractivity contribution in [2.45, 2.75) is 32.5 Å². The van der Waals surface area contributed by atoms with E-state index in [9.17, 15) is 13.6 Å². The number of hydrogen-bond acceptors (Lipinski definition) is 8. The maximum Gasteiger partial charge on any atom is 0.388 e. The van der Waals surface area contributed by atoms with Gasteiger partial charge in [-0.3, -0.25) is 4.79 Å². The summed E-state index contributed by atoms with van der Waals surface area (Å²) >= 11 is 0. The lowest BCUT2D eigenvalue weighted by Gasteiger charge is -2.41. The van der Waals surface area contributed by atoms with E-state index < -0.39 is 6.61 Å². The minimum absolute atomic E-state index is 0.0132. The molecule has 11 heteroatoms. The van der Waals surface area contributed by atoms with Crippen LogP contribution in [0.3, 0.4) is 0 Å². The summed E-state index contributed by atoms with van der Waals surface area (Å²) in [5, 5.41) is 9.10. The minimum Gasteiger partial charge on any atom is -0.481 e. The number of alkyl halides is 2. The molecule has 0 saturated carbocycles. The predicted octanol–water partition coefficient (Wildman–Crippen LogP) is 2.28. The molecule has 2 aliphatic heterocycles. The van der Waals surface area contributed by atoms with Crippen molar-refractivity contribution >= 4 is 11.6 Å². The zero-order valence-electron chi connectivity index (χ0n) is 17.0. The molecule has 2 aromatic heterocycles. The van der Waals surface area contributed by atoms with E-state index in [4.69, 9.17) is 10.00 Å². The highest BCUT2D eigenvalue weighted by molar-refractivity contribution is 5.78. The summed E-state index contributed by atoms with van der Waals surface area (Å²) in [6.07, 6.45) is 1.76. The molecule has 0 aliphatic carbocycles. The van der Waals surface area contributed by atoms with Crippen LogP contribution in [0.1, 0.15) is 36.5 Å². The normalized spacial score (nSPS) is 17.9. The molecule has 1 fully saturated rings. The van der Waals surface area contributed by atoms with Gasteiger partial charge >= 0.3 is 6.61 Å². The second-order valence-electron chi connectivity index (χ2n) is 7.43. The standard InChI is InChI=1S/C20H20F2N6O3/c1-11-18-14(25-15(7-23)26-19(18)30-2)10-28(11)17(29)5-12-8-27(9-12)13-3-4-24-16(6-13)31-20(21)22/h3-4,6,11-12,20H,5,8-10H2,1-2H3. The summed E-state index contributed by atoms with van der Waals surface area (Å²) in [6, 6.07) is 4.83. The average Bonchev–Trinajstić information content (AvgIpc) is 3.05. The fraction of sp³-hybridized carbons (Fsp3) is 0.450. The topological polar surface area (TPSA) is 104 Å². The van der Waals surface area contributed by atoms with Crippen molar-refractivity contribution in [3.8, 4) is 17.8 Å². The van der Waals surface area contributed by atoms with Crippen molar-refractivity contribution in [1.29, 1.82) is 5.26 Å². The van der Waals surface area contributed by atoms with Crippen LogP contribution in [0.2, 0.25) is 0 Å². The number of carbonyl (C=O) groups is 1. The van der Waals surface area contributed by atoms with Crippen LogP contribution in [0.15, 0.2) is 18.3 Å². The number of halogens is 2. The molecule has 0 radical (unpaired) electrons. The molecule has 4 rings (SSSR count). The molecule has 1 saturated heterocycles. The van der Waals surface area contributed by atoms with Gasteiger partial charge in [-0.1, -0.05) is 0 Å². The lowest BCUT2D eigenvalue weighted by Crippen LogP contribution is -2.48. The maximum absolute atomic E-state index is 12.9. The Bertz CT molecular complexity index is 1040. The van der Waals surface area contributed by atoms with Gasteiger partial charge in [0.1, 0.15) is 6.07 Å². The Morgan fingerprint density at radius 2 is 2.16 bits per heavy atom. The third kappa shape index (κ3) is 4.05. The number of fused-ring (bicyclic) bond motifs is 1. The molecule has 0 spiro atoms. The Hall–Kier alpha value is -3.55. The number of rotatable bonds is 6. The third-order valence-electron chi connectivity index (χ3n) is 5.52. The Labute approximate surface area is 177 Å². The van der Waals surface area contributed by atoms with E-state index in [-0.39, 0.29) is 29.6 Å². The molecular weight excluding hydrogens is 410 g/mol. The minimum atomic E-state index is -2.93. The van der Waals surface area contributed by atoms with Crippen LogP contribution >= 0.6 is 0 Å². The van der Waals surface area contributed by atoms with Crippen LogP contribution in [-0.4, -0.2) is 52.6 Å². The molecular formula is C20H20F2N6O3. The van der Waals surface area contributed by atoms with Crippen LogP contribution in [0, 0.1) is 17.2 Å². The summed E-state index contributed by atoms with van der Waals surface area (Å²) in [4.78, 5) is 28.7. The molecule has 162 valence electrons. The molecule has 2 aromatic rings. The van der Waals surface area contributed by atoms with Gasteiger partial charge in [-0.05, 0) is 13.0 Å². The second-order valence-corrected chi connectivity index (χ2v) is 7.43. The number of aromatic nitrogens is 3. The highest BCUT2D eigenvalue weighted by atomic mass is 19.3. The van der Waals surface area contributed by atoms with Crippen LogP contribution in [-0.2, 0) is 11.3 Å². The number of hydrogen-bond donors (Lipinski definition) is 0. The molecule has 2 aliphatic rings. The Kier molecular flexibility index (Phi) is 5.54. The van der Waals surface area contributed by atoms with Gasteiger partial charge in [-0.15, -0.1) is 0 Å². The van der Waals surface area contributed by atoms with E-state index in [1.165, 1.54) is 19.4 Å². The average molecular weight is 430 g/mol. The molecule has 4 heterocycles. The smallest absolute Gasteiger partial charge is 0.388 e. The lowest BCUT2D eigenvalue weighted by atomic mass is 9.94. The van der Waals surface area contributed by atoms with Crippen LogP contribution < -0.4 is 14.4 Å². The van der Waals surface area contributed by atoms with Gasteiger partial charge in [0.15, 0.2) is 0 Å². The first-order valence-electron chi connectivity index (χ1n) is 9.69. The third-order valence-corrected chi connectivity index (χ3v) is 5.52. The predicted molar refractivity (Wildman–Crippen MR) is 103 cm³/mol. The van der Waals surface area contributed by atoms with E-state index in [1.807, 2.05) is 17.9 Å². The monoisotopic (exact) mass is 430 g/mol. The van der Waals surface area contributed by atoms with Crippen molar-refractivity contribution < 1.29 is 23.0 Å². The summed E-state index contributed by atoms with van der Waals surface area (Å²) in [6.45, 7) is 0.513. The summed E-state index contributed by atoms with van der Waals surface area (Å²) in [7, 11) is 1.47. The van der Waals surface area contributed by atoms with E-state index >= 15 is 0 Å². The second kappa shape index (κ2) is 8.29. The summed E-state index contributed by atoms with van der Waals surface area (Å²) in [5.74, 6) is 0.311. The van der Waals surface area contributed by atoms with Gasteiger partial charge in [0, 0.05) is 43.4 Å². The molecule has 1 unspecified atom stereocenters. The number of pyridine rings is 1. The largest absolute Gasteiger partial charge is 0.481 e. The fourth-order valence-electron chi connectivity index (χ4n) is 4.02. The van der Waals surface area contributed by atoms with Crippen molar-refractivity contribution in [3.05, 3.63) is 35.4 Å². The van der Waals surface area contributed by atoms with Crippen molar-refractivity contribution in [1.82, 2.24) is 19.9 Å². The van der Waals surface area contributed by atoms with Gasteiger partial charge in [0.2, 0.25) is 23.5 Å². The first-order valence-corrected chi connectivity index (χ1v) is 9.69. The molecule has 0 N–H and O–H groups in total. The van der Waals surface area contributed by atoms with Crippen molar-refractivity contribution in [2.75, 3.05) is 25.1 Å². The van der Waals surface area contributed by atoms with E-state index in [0.717, 1.165) is 11.3 Å². The first-order chi connectivity index (χ1) is 14.9. The Morgan fingerprint density at radius 1 is 1.39 bits per heavy atom. The number of ether oxygens (including phenoxy) is 2. The van der Waals surface area contributed by atoms with Gasteiger partial charge in [-0.25, -0.2) is 9.97 Å². The Morgan fingerprint density at radius 3 is 2.84 bits per heavy atom. The number of amides is 1. The molecule has 31 heavy (non-hydrogen) atoms. The van der Waals surface area contributed by atoms with E-state index in [2.05, 4.69) is 19.7 Å². The number of anilines is 1. The lowest BCUT2D eigenvalue weighted by molar-refractivity contribution is -0.134. The van der Waals surface area contributed by atoms with Crippen LogP contribution in [0.5, 0.6) is 11.8 Å². The van der Waals surface area contributed by atoms with E-state index in [1.54, 1.807) is 11.0 Å². The zero-order valence-corrected chi connectivity index (χ0v) is 17.0. The SMILES string of the molecule is COc1nc(C#N)nc2c1C(C)N(C(=O)CC1CN(c3ccnc(OC(F)F)c3)C1)C2. The van der Waals surface area contributed by atoms with Crippen molar-refractivity contribution in [2.24, 2.45) is 5.92 Å².